The number of benzene rings is 2. The van der Waals surface area contributed by atoms with Crippen LogP contribution in [0.5, 0.6) is 5.75 Å². The van der Waals surface area contributed by atoms with Crippen LogP contribution >= 0.6 is 27.7 Å². The van der Waals surface area contributed by atoms with Crippen molar-refractivity contribution < 1.29 is 14.3 Å². The molecular formula is C24H22BrN3O3S. The van der Waals surface area contributed by atoms with Gasteiger partial charge in [-0.05, 0) is 75.7 Å². The van der Waals surface area contributed by atoms with Crippen LogP contribution in [0.25, 0.3) is 6.08 Å². The molecule has 0 aliphatic carbocycles. The topological polar surface area (TPSA) is 54.4 Å². The largest absolute Gasteiger partial charge is 0.480 e. The molecule has 2 fully saturated rings. The number of ether oxygens (including phenoxy) is 2. The summed E-state index contributed by atoms with van der Waals surface area (Å²) in [6.07, 6.45) is 7.09. The van der Waals surface area contributed by atoms with Crippen LogP contribution in [0.15, 0.2) is 56.8 Å². The number of amidine groups is 1. The number of anilines is 1. The summed E-state index contributed by atoms with van der Waals surface area (Å²) in [5.74, 6) is 3.02. The van der Waals surface area contributed by atoms with E-state index in [1.165, 1.54) is 11.8 Å². The first-order valence-corrected chi connectivity index (χ1v) is 11.7. The highest BCUT2D eigenvalue weighted by atomic mass is 79.9. The van der Waals surface area contributed by atoms with Gasteiger partial charge in [-0.3, -0.25) is 9.69 Å². The molecule has 0 aromatic heterocycles. The molecular weight excluding hydrogens is 490 g/mol. The number of carbonyl (C=O) groups excluding carboxylic acids is 1. The molecule has 0 atom stereocenters. The van der Waals surface area contributed by atoms with Gasteiger partial charge in [0.1, 0.15) is 12.4 Å². The van der Waals surface area contributed by atoms with Gasteiger partial charge in [0, 0.05) is 25.8 Å². The smallest absolute Gasteiger partial charge is 0.266 e. The Morgan fingerprint density at radius 2 is 2.00 bits per heavy atom. The summed E-state index contributed by atoms with van der Waals surface area (Å²) in [7, 11) is 1.74. The average Bonchev–Trinajstić information content (AvgIpc) is 3.07. The first-order chi connectivity index (χ1) is 15.5. The van der Waals surface area contributed by atoms with E-state index in [1.807, 2.05) is 36.4 Å². The molecule has 8 heteroatoms. The van der Waals surface area contributed by atoms with Crippen LogP contribution < -0.4 is 9.64 Å². The van der Waals surface area contributed by atoms with Gasteiger partial charge in [0.05, 0.1) is 28.3 Å². The van der Waals surface area contributed by atoms with Crippen LogP contribution in [0.1, 0.15) is 5.56 Å². The molecule has 1 amide bonds. The Balaban J connectivity index is 1.49. The third kappa shape index (κ3) is 5.18. The predicted molar refractivity (Wildman–Crippen MR) is 133 cm³/mol. The summed E-state index contributed by atoms with van der Waals surface area (Å²) in [5, 5.41) is 0.647. The molecule has 4 rings (SSSR count). The maximum absolute atomic E-state index is 12.7. The van der Waals surface area contributed by atoms with E-state index in [0.29, 0.717) is 15.8 Å². The molecule has 164 valence electrons. The fraction of sp³-hybridized carbons (Fsp3) is 0.250. The minimum Gasteiger partial charge on any atom is -0.480 e. The highest BCUT2D eigenvalue weighted by molar-refractivity contribution is 9.10. The van der Waals surface area contributed by atoms with Crippen molar-refractivity contribution in [3.05, 3.63) is 57.4 Å². The summed E-state index contributed by atoms with van der Waals surface area (Å²) >= 11 is 4.85. The highest BCUT2D eigenvalue weighted by Crippen LogP contribution is 2.35. The second-order valence-electron chi connectivity index (χ2n) is 7.17. The average molecular weight is 512 g/mol. The van der Waals surface area contributed by atoms with E-state index in [4.69, 9.17) is 15.9 Å². The summed E-state index contributed by atoms with van der Waals surface area (Å²) in [6.45, 7) is 3.48. The zero-order valence-electron chi connectivity index (χ0n) is 17.6. The van der Waals surface area contributed by atoms with Crippen molar-refractivity contribution in [3.63, 3.8) is 0 Å². The Kier molecular flexibility index (Phi) is 7.20. The number of terminal acetylenes is 1. The maximum Gasteiger partial charge on any atom is 0.266 e. The Morgan fingerprint density at radius 1 is 1.25 bits per heavy atom. The van der Waals surface area contributed by atoms with Crippen molar-refractivity contribution in [3.8, 4) is 18.1 Å². The van der Waals surface area contributed by atoms with Gasteiger partial charge in [0.2, 0.25) is 0 Å². The molecule has 0 radical (unpaired) electrons. The fourth-order valence-corrected chi connectivity index (χ4v) is 4.81. The van der Waals surface area contributed by atoms with Gasteiger partial charge in [-0.25, -0.2) is 4.99 Å². The molecule has 2 aromatic rings. The van der Waals surface area contributed by atoms with Gasteiger partial charge < -0.3 is 14.4 Å². The van der Waals surface area contributed by atoms with Crippen molar-refractivity contribution in [2.75, 3.05) is 44.9 Å². The Morgan fingerprint density at radius 3 is 2.69 bits per heavy atom. The van der Waals surface area contributed by atoms with Crippen molar-refractivity contribution in [1.29, 1.82) is 0 Å². The predicted octanol–water partition coefficient (Wildman–Crippen LogP) is 4.53. The molecule has 0 bridgehead atoms. The molecule has 2 aliphatic heterocycles. The third-order valence-corrected chi connectivity index (χ3v) is 6.70. The van der Waals surface area contributed by atoms with E-state index in [2.05, 4.69) is 43.9 Å². The summed E-state index contributed by atoms with van der Waals surface area (Å²) < 4.78 is 11.7. The van der Waals surface area contributed by atoms with Crippen molar-refractivity contribution in [1.82, 2.24) is 4.90 Å². The number of hydrogen-bond donors (Lipinski definition) is 0. The minimum atomic E-state index is -0.0810. The van der Waals surface area contributed by atoms with Crippen molar-refractivity contribution in [2.24, 2.45) is 4.99 Å². The lowest BCUT2D eigenvalue weighted by Crippen LogP contribution is -2.36. The minimum absolute atomic E-state index is 0.0810. The van der Waals surface area contributed by atoms with Gasteiger partial charge in [0.15, 0.2) is 5.17 Å². The zero-order chi connectivity index (χ0) is 22.5. The first-order valence-electron chi connectivity index (χ1n) is 10.1. The second kappa shape index (κ2) is 10.3. The number of rotatable bonds is 5. The summed E-state index contributed by atoms with van der Waals surface area (Å²) in [4.78, 5) is 21.9. The lowest BCUT2D eigenvalue weighted by Gasteiger charge is -2.28. The van der Waals surface area contributed by atoms with Gasteiger partial charge >= 0.3 is 0 Å². The number of halogens is 1. The Hall–Kier alpha value is -2.73. The van der Waals surface area contributed by atoms with Crippen LogP contribution in [0.2, 0.25) is 0 Å². The number of nitrogens with zero attached hydrogens (tertiary/aromatic N) is 3. The number of amides is 1. The molecule has 0 saturated carbocycles. The second-order valence-corrected chi connectivity index (χ2v) is 9.03. The molecule has 2 aliphatic rings. The molecule has 2 aromatic carbocycles. The Bertz CT molecular complexity index is 1100. The van der Waals surface area contributed by atoms with Crippen molar-refractivity contribution in [2.45, 2.75) is 0 Å². The van der Waals surface area contributed by atoms with Gasteiger partial charge in [-0.2, -0.15) is 0 Å². The molecule has 6 nitrogen and oxygen atoms in total. The quantitative estimate of drug-likeness (QED) is 0.436. The monoisotopic (exact) mass is 511 g/mol. The third-order valence-electron chi connectivity index (χ3n) is 5.02. The van der Waals surface area contributed by atoms with E-state index >= 15 is 0 Å². The number of aliphatic imine (C=N–C) groups is 1. The van der Waals surface area contributed by atoms with Crippen LogP contribution in [0, 0.1) is 12.3 Å². The zero-order valence-corrected chi connectivity index (χ0v) is 20.0. The standard InChI is InChI=1S/C24H22BrN3O3S/c1-3-12-31-21-9-4-17(15-20(21)25)16-22-23(29)27(2)24(32-22)26-18-5-7-19(8-6-18)28-10-13-30-14-11-28/h1,4-9,15-16H,10-14H2,2H3/b22-16-,26-24?. The highest BCUT2D eigenvalue weighted by Gasteiger charge is 2.30. The molecule has 0 spiro atoms. The normalized spacial score (nSPS) is 19.0. The number of thioether (sulfide) groups is 1. The van der Waals surface area contributed by atoms with E-state index in [0.717, 1.165) is 47.7 Å². The lowest BCUT2D eigenvalue weighted by atomic mass is 10.2. The molecule has 2 saturated heterocycles. The van der Waals surface area contributed by atoms with Crippen LogP contribution in [0.3, 0.4) is 0 Å². The van der Waals surface area contributed by atoms with Crippen LogP contribution in [0.4, 0.5) is 11.4 Å². The molecule has 2 heterocycles. The van der Waals surface area contributed by atoms with E-state index < -0.39 is 0 Å². The fourth-order valence-electron chi connectivity index (χ4n) is 3.32. The molecule has 32 heavy (non-hydrogen) atoms. The lowest BCUT2D eigenvalue weighted by molar-refractivity contribution is -0.121. The van der Waals surface area contributed by atoms with Crippen LogP contribution in [-0.4, -0.2) is 55.9 Å². The number of morpholine rings is 1. The Labute approximate surface area is 200 Å². The first kappa shape index (κ1) is 22.5. The SMILES string of the molecule is C#CCOc1ccc(/C=C2\SC(=Nc3ccc(N4CCOCC4)cc3)N(C)C2=O)cc1Br. The van der Waals surface area contributed by atoms with Gasteiger partial charge in [-0.1, -0.05) is 12.0 Å². The maximum atomic E-state index is 12.7. The number of hydrogen-bond acceptors (Lipinski definition) is 6. The molecule has 0 unspecified atom stereocenters. The van der Waals surface area contributed by atoms with Gasteiger partial charge in [0.25, 0.3) is 5.91 Å². The van der Waals surface area contributed by atoms with E-state index in [1.54, 1.807) is 11.9 Å². The summed E-state index contributed by atoms with van der Waals surface area (Å²) in [5.41, 5.74) is 2.84. The van der Waals surface area contributed by atoms with E-state index in [-0.39, 0.29) is 12.5 Å². The number of likely N-dealkylation sites (N-methyl/N-ethyl adjacent to an activating group) is 1. The molecule has 0 N–H and O–H groups in total. The van der Waals surface area contributed by atoms with E-state index in [9.17, 15) is 4.79 Å². The van der Waals surface area contributed by atoms with Gasteiger partial charge in [-0.15, -0.1) is 6.42 Å². The van der Waals surface area contributed by atoms with Crippen molar-refractivity contribution >= 4 is 56.2 Å². The summed E-state index contributed by atoms with van der Waals surface area (Å²) in [6, 6.07) is 13.7. The van der Waals surface area contributed by atoms with Crippen LogP contribution in [-0.2, 0) is 9.53 Å². The number of carbonyl (C=O) groups is 1.